The number of nitrogens with two attached hydrogens (primary N) is 2. The van der Waals surface area contributed by atoms with Gasteiger partial charge in [-0.25, -0.2) is 0 Å². The van der Waals surface area contributed by atoms with E-state index in [9.17, 15) is 4.79 Å². The Morgan fingerprint density at radius 3 is 2.50 bits per heavy atom. The van der Waals surface area contributed by atoms with Crippen LogP contribution >= 0.6 is 0 Å². The molecule has 0 saturated heterocycles. The Balaban J connectivity index is 2.82. The average molecular weight is 193 g/mol. The molecule has 0 aromatic heterocycles. The summed E-state index contributed by atoms with van der Waals surface area (Å²) in [7, 11) is 3.44. The Morgan fingerprint density at radius 1 is 1.36 bits per heavy atom. The molecule has 0 unspecified atom stereocenters. The first-order chi connectivity index (χ1) is 6.50. The number of carbonyl (C=O) groups excluding carboxylic acids is 1. The summed E-state index contributed by atoms with van der Waals surface area (Å²) in [5.74, 6) is 0.0291. The molecule has 0 spiro atoms. The average Bonchev–Trinajstić information content (AvgIpc) is 2.09. The molecule has 0 bridgehead atoms. The molecule has 4 heteroatoms. The second-order valence-electron chi connectivity index (χ2n) is 3.42. The minimum Gasteiger partial charge on any atom is -0.399 e. The van der Waals surface area contributed by atoms with Gasteiger partial charge in [-0.1, -0.05) is 6.07 Å². The molecule has 1 aromatic carbocycles. The molecule has 0 saturated carbocycles. The molecular weight excluding hydrogens is 178 g/mol. The monoisotopic (exact) mass is 193 g/mol. The van der Waals surface area contributed by atoms with Crippen LogP contribution in [0.2, 0.25) is 0 Å². The smallest absolute Gasteiger partial charge is 0.226 e. The maximum Gasteiger partial charge on any atom is 0.226 e. The van der Waals surface area contributed by atoms with Crippen LogP contribution in [-0.4, -0.2) is 24.9 Å². The molecule has 0 aliphatic rings. The summed E-state index contributed by atoms with van der Waals surface area (Å²) in [6.07, 6.45) is 0.319. The predicted molar refractivity (Wildman–Crippen MR) is 57.7 cm³/mol. The molecule has 0 heterocycles. The maximum absolute atomic E-state index is 11.4. The molecule has 4 nitrogen and oxygen atoms in total. The van der Waals surface area contributed by atoms with Crippen LogP contribution in [0.1, 0.15) is 5.56 Å². The SMILES string of the molecule is CN(C)C(=O)Cc1ccc(N)cc1N. The molecule has 1 aromatic rings. The van der Waals surface area contributed by atoms with Gasteiger partial charge in [-0.05, 0) is 17.7 Å². The van der Waals surface area contributed by atoms with Crippen LogP contribution in [0.4, 0.5) is 11.4 Å². The zero-order chi connectivity index (χ0) is 10.7. The van der Waals surface area contributed by atoms with E-state index in [2.05, 4.69) is 0 Å². The van der Waals surface area contributed by atoms with Crippen LogP contribution in [0.15, 0.2) is 18.2 Å². The molecule has 0 aliphatic heterocycles. The van der Waals surface area contributed by atoms with E-state index in [0.29, 0.717) is 17.8 Å². The summed E-state index contributed by atoms with van der Waals surface area (Å²) in [5, 5.41) is 0. The lowest BCUT2D eigenvalue weighted by Gasteiger charge is -2.11. The number of anilines is 2. The van der Waals surface area contributed by atoms with E-state index in [0.717, 1.165) is 5.56 Å². The van der Waals surface area contributed by atoms with Crippen molar-refractivity contribution in [1.29, 1.82) is 0 Å². The third kappa shape index (κ3) is 2.39. The van der Waals surface area contributed by atoms with Gasteiger partial charge in [0.2, 0.25) is 5.91 Å². The standard InChI is InChI=1S/C10H15N3O/c1-13(2)10(14)5-7-3-4-8(11)6-9(7)12/h3-4,6H,5,11-12H2,1-2H3. The van der Waals surface area contributed by atoms with Crippen molar-refractivity contribution in [2.24, 2.45) is 0 Å². The third-order valence-corrected chi connectivity index (χ3v) is 2.01. The van der Waals surface area contributed by atoms with Crippen molar-refractivity contribution >= 4 is 17.3 Å². The topological polar surface area (TPSA) is 72.3 Å². The highest BCUT2D eigenvalue weighted by Gasteiger charge is 2.07. The molecule has 0 fully saturated rings. The van der Waals surface area contributed by atoms with Crippen LogP contribution in [0.3, 0.4) is 0 Å². The van der Waals surface area contributed by atoms with Gasteiger partial charge in [0.15, 0.2) is 0 Å². The number of benzene rings is 1. The number of amides is 1. The molecular formula is C10H15N3O. The number of likely N-dealkylation sites (N-methyl/N-ethyl adjacent to an activating group) is 1. The van der Waals surface area contributed by atoms with Crippen LogP contribution in [0.25, 0.3) is 0 Å². The van der Waals surface area contributed by atoms with E-state index in [4.69, 9.17) is 11.5 Å². The van der Waals surface area contributed by atoms with Gasteiger partial charge in [0.05, 0.1) is 6.42 Å². The number of nitrogens with zero attached hydrogens (tertiary/aromatic N) is 1. The third-order valence-electron chi connectivity index (χ3n) is 2.01. The Labute approximate surface area is 83.5 Å². The summed E-state index contributed by atoms with van der Waals surface area (Å²) >= 11 is 0. The van der Waals surface area contributed by atoms with E-state index in [-0.39, 0.29) is 5.91 Å². The van der Waals surface area contributed by atoms with Gasteiger partial charge in [0, 0.05) is 25.5 Å². The molecule has 0 radical (unpaired) electrons. The Hall–Kier alpha value is -1.71. The fourth-order valence-electron chi connectivity index (χ4n) is 1.10. The van der Waals surface area contributed by atoms with E-state index in [1.807, 2.05) is 0 Å². The minimum absolute atomic E-state index is 0.0291. The van der Waals surface area contributed by atoms with Gasteiger partial charge in [0.1, 0.15) is 0 Å². The largest absolute Gasteiger partial charge is 0.399 e. The van der Waals surface area contributed by atoms with Gasteiger partial charge < -0.3 is 16.4 Å². The van der Waals surface area contributed by atoms with Crippen molar-refractivity contribution in [3.8, 4) is 0 Å². The lowest BCUT2D eigenvalue weighted by Crippen LogP contribution is -2.23. The summed E-state index contributed by atoms with van der Waals surface area (Å²) in [6, 6.07) is 5.19. The van der Waals surface area contributed by atoms with Crippen LogP contribution in [0, 0.1) is 0 Å². The lowest BCUT2D eigenvalue weighted by atomic mass is 10.1. The summed E-state index contributed by atoms with van der Waals surface area (Å²) in [5.41, 5.74) is 13.3. The lowest BCUT2D eigenvalue weighted by molar-refractivity contribution is -0.127. The predicted octanol–water partition coefficient (Wildman–Crippen LogP) is 0.482. The normalized spacial score (nSPS) is 9.86. The van der Waals surface area contributed by atoms with Crippen molar-refractivity contribution in [1.82, 2.24) is 4.90 Å². The van der Waals surface area contributed by atoms with Crippen LogP contribution < -0.4 is 11.5 Å². The molecule has 1 amide bonds. The Kier molecular flexibility index (Phi) is 2.96. The maximum atomic E-state index is 11.4. The van der Waals surface area contributed by atoms with Gasteiger partial charge in [-0.15, -0.1) is 0 Å². The minimum atomic E-state index is 0.0291. The van der Waals surface area contributed by atoms with Crippen molar-refractivity contribution in [2.75, 3.05) is 25.6 Å². The molecule has 0 atom stereocenters. The Morgan fingerprint density at radius 2 is 2.00 bits per heavy atom. The van der Waals surface area contributed by atoms with E-state index in [1.54, 1.807) is 32.3 Å². The quantitative estimate of drug-likeness (QED) is 0.671. The first kappa shape index (κ1) is 10.4. The molecule has 14 heavy (non-hydrogen) atoms. The Bertz CT molecular complexity index is 347. The van der Waals surface area contributed by atoms with Crippen molar-refractivity contribution in [3.05, 3.63) is 23.8 Å². The highest BCUT2D eigenvalue weighted by atomic mass is 16.2. The van der Waals surface area contributed by atoms with Crippen LogP contribution in [-0.2, 0) is 11.2 Å². The molecule has 0 aliphatic carbocycles. The van der Waals surface area contributed by atoms with Crippen molar-refractivity contribution in [3.63, 3.8) is 0 Å². The summed E-state index contributed by atoms with van der Waals surface area (Å²) < 4.78 is 0. The highest BCUT2D eigenvalue weighted by molar-refractivity contribution is 5.80. The zero-order valence-electron chi connectivity index (χ0n) is 8.45. The first-order valence-electron chi connectivity index (χ1n) is 4.34. The number of nitrogen functional groups attached to an aromatic ring is 2. The number of hydrogen-bond donors (Lipinski definition) is 2. The van der Waals surface area contributed by atoms with Gasteiger partial charge in [0.25, 0.3) is 0 Å². The van der Waals surface area contributed by atoms with Crippen LogP contribution in [0.5, 0.6) is 0 Å². The summed E-state index contributed by atoms with van der Waals surface area (Å²) in [6.45, 7) is 0. The summed E-state index contributed by atoms with van der Waals surface area (Å²) in [4.78, 5) is 12.9. The number of hydrogen-bond acceptors (Lipinski definition) is 3. The van der Waals surface area contributed by atoms with E-state index >= 15 is 0 Å². The van der Waals surface area contributed by atoms with Gasteiger partial charge in [-0.3, -0.25) is 4.79 Å². The second kappa shape index (κ2) is 4.00. The van der Waals surface area contributed by atoms with Crippen molar-refractivity contribution < 1.29 is 4.79 Å². The van der Waals surface area contributed by atoms with Gasteiger partial charge >= 0.3 is 0 Å². The zero-order valence-corrected chi connectivity index (χ0v) is 8.45. The fourth-order valence-corrected chi connectivity index (χ4v) is 1.10. The molecule has 1 rings (SSSR count). The fraction of sp³-hybridized carbons (Fsp3) is 0.300. The molecule has 4 N–H and O–H groups in total. The van der Waals surface area contributed by atoms with E-state index in [1.165, 1.54) is 4.90 Å². The second-order valence-corrected chi connectivity index (χ2v) is 3.42. The van der Waals surface area contributed by atoms with Gasteiger partial charge in [-0.2, -0.15) is 0 Å². The molecule has 76 valence electrons. The highest BCUT2D eigenvalue weighted by Crippen LogP contribution is 2.16. The first-order valence-corrected chi connectivity index (χ1v) is 4.34. The number of rotatable bonds is 2. The van der Waals surface area contributed by atoms with E-state index < -0.39 is 0 Å². The number of carbonyl (C=O) groups is 1. The van der Waals surface area contributed by atoms with Crippen molar-refractivity contribution in [2.45, 2.75) is 6.42 Å².